The molecule has 0 saturated heterocycles. The number of aliphatic carboxylic acids is 1. The van der Waals surface area contributed by atoms with E-state index in [9.17, 15) is 9.59 Å². The van der Waals surface area contributed by atoms with Crippen LogP contribution in [0.1, 0.15) is 25.8 Å². The molecule has 0 bridgehead atoms. The first-order valence-electron chi connectivity index (χ1n) is 5.90. The summed E-state index contributed by atoms with van der Waals surface area (Å²) in [4.78, 5) is 23.7. The Labute approximate surface area is 115 Å². The smallest absolute Gasteiger partial charge is 0.326 e. The van der Waals surface area contributed by atoms with Crippen LogP contribution in [0.25, 0.3) is 0 Å². The van der Waals surface area contributed by atoms with Gasteiger partial charge >= 0.3 is 12.0 Å². The first kappa shape index (κ1) is 15.4. The molecule has 1 aromatic rings. The lowest BCUT2D eigenvalue weighted by atomic mass is 10.1. The molecule has 0 radical (unpaired) electrons. The maximum atomic E-state index is 11.8. The first-order chi connectivity index (χ1) is 8.81. The van der Waals surface area contributed by atoms with Crippen LogP contribution in [-0.2, 0) is 11.2 Å². The largest absolute Gasteiger partial charge is 0.480 e. The van der Waals surface area contributed by atoms with Crippen LogP contribution in [0.4, 0.5) is 9.93 Å². The summed E-state index contributed by atoms with van der Waals surface area (Å²) >= 11 is 1.30. The second-order valence-electron chi connectivity index (χ2n) is 4.65. The lowest BCUT2D eigenvalue weighted by molar-refractivity contribution is -0.141. The lowest BCUT2D eigenvalue weighted by Crippen LogP contribution is -2.42. The molecule has 1 rings (SSSR count). The van der Waals surface area contributed by atoms with Crippen LogP contribution in [0.2, 0.25) is 0 Å². The third-order valence-electron chi connectivity index (χ3n) is 2.52. The summed E-state index contributed by atoms with van der Waals surface area (Å²) in [5, 5.41) is 20.4. The maximum Gasteiger partial charge on any atom is 0.326 e. The van der Waals surface area contributed by atoms with Crippen molar-refractivity contribution in [2.45, 2.75) is 33.2 Å². The van der Waals surface area contributed by atoms with Gasteiger partial charge in [-0.05, 0) is 12.8 Å². The average Bonchev–Trinajstić information content (AvgIpc) is 2.73. The Balaban J connectivity index is 2.61. The van der Waals surface area contributed by atoms with Crippen LogP contribution in [-0.4, -0.2) is 45.3 Å². The summed E-state index contributed by atoms with van der Waals surface area (Å²) in [5.41, 5.74) is 0. The Morgan fingerprint density at radius 1 is 1.37 bits per heavy atom. The topological polar surface area (TPSA) is 95.4 Å². The number of aromatic nitrogens is 2. The monoisotopic (exact) mass is 286 g/mol. The molecule has 0 fully saturated rings. The van der Waals surface area contributed by atoms with Gasteiger partial charge in [-0.2, -0.15) is 0 Å². The van der Waals surface area contributed by atoms with Crippen LogP contribution in [0.15, 0.2) is 0 Å². The fraction of sp³-hybridized carbons (Fsp3) is 0.636. The van der Waals surface area contributed by atoms with E-state index in [1.807, 2.05) is 0 Å². The maximum absolute atomic E-state index is 11.8. The summed E-state index contributed by atoms with van der Waals surface area (Å²) in [5.74, 6) is -0.596. The van der Waals surface area contributed by atoms with Crippen molar-refractivity contribution in [3.05, 3.63) is 5.01 Å². The van der Waals surface area contributed by atoms with Gasteiger partial charge in [0.15, 0.2) is 0 Å². The molecule has 2 N–H and O–H groups in total. The molecule has 7 nitrogen and oxygen atoms in total. The molecule has 2 amide bonds. The molecule has 0 aromatic carbocycles. The molecule has 0 saturated carbocycles. The van der Waals surface area contributed by atoms with Crippen molar-refractivity contribution in [2.75, 3.05) is 12.4 Å². The van der Waals surface area contributed by atoms with E-state index in [1.165, 1.54) is 25.3 Å². The second kappa shape index (κ2) is 6.46. The highest BCUT2D eigenvalue weighted by atomic mass is 32.1. The van der Waals surface area contributed by atoms with Crippen LogP contribution in [0.3, 0.4) is 0 Å². The number of nitrogens with zero attached hydrogens (tertiary/aromatic N) is 3. The number of carboxylic acid groups (broad SMARTS) is 1. The SMILES string of the molecule is CC(C)Cc1nnc(NC(=O)N(C)C(C)C(=O)O)s1. The highest BCUT2D eigenvalue weighted by Crippen LogP contribution is 2.18. The number of amides is 2. The molecular formula is C11H18N4O3S. The third-order valence-corrected chi connectivity index (χ3v) is 3.38. The quantitative estimate of drug-likeness (QED) is 0.858. The summed E-state index contributed by atoms with van der Waals surface area (Å²) in [6.07, 6.45) is 0.801. The van der Waals surface area contributed by atoms with Gasteiger partial charge in [0.1, 0.15) is 11.0 Å². The minimum atomic E-state index is -1.06. The second-order valence-corrected chi connectivity index (χ2v) is 5.72. The third kappa shape index (κ3) is 4.47. The lowest BCUT2D eigenvalue weighted by Gasteiger charge is -2.20. The Morgan fingerprint density at radius 2 is 2.00 bits per heavy atom. The van der Waals surface area contributed by atoms with E-state index in [2.05, 4.69) is 29.4 Å². The summed E-state index contributed by atoms with van der Waals surface area (Å²) in [6.45, 7) is 5.58. The van der Waals surface area contributed by atoms with Gasteiger partial charge in [-0.3, -0.25) is 5.32 Å². The number of carboxylic acids is 1. The van der Waals surface area contributed by atoms with Crippen molar-refractivity contribution >= 4 is 28.5 Å². The van der Waals surface area contributed by atoms with E-state index in [0.29, 0.717) is 11.0 Å². The summed E-state index contributed by atoms with van der Waals surface area (Å²) in [6, 6.07) is -1.41. The highest BCUT2D eigenvalue weighted by molar-refractivity contribution is 7.15. The van der Waals surface area contributed by atoms with Gasteiger partial charge in [0.2, 0.25) is 5.13 Å². The fourth-order valence-corrected chi connectivity index (χ4v) is 2.20. The Bertz CT molecular complexity index is 461. The van der Waals surface area contributed by atoms with Crippen LogP contribution in [0, 0.1) is 5.92 Å². The minimum Gasteiger partial charge on any atom is -0.480 e. The number of likely N-dealkylation sites (N-methyl/N-ethyl adjacent to an activating group) is 1. The molecule has 0 aliphatic rings. The first-order valence-corrected chi connectivity index (χ1v) is 6.72. The minimum absolute atomic E-state index is 0.380. The predicted molar refractivity (Wildman–Crippen MR) is 72.3 cm³/mol. The van der Waals surface area contributed by atoms with Gasteiger partial charge in [0, 0.05) is 13.5 Å². The van der Waals surface area contributed by atoms with E-state index in [4.69, 9.17) is 5.11 Å². The number of anilines is 1. The number of nitrogens with one attached hydrogen (secondary N) is 1. The molecule has 0 aliphatic carbocycles. The number of carbonyl (C=O) groups is 2. The van der Waals surface area contributed by atoms with Gasteiger partial charge in [-0.15, -0.1) is 10.2 Å². The zero-order valence-corrected chi connectivity index (χ0v) is 12.2. The Hall–Kier alpha value is -1.70. The van der Waals surface area contributed by atoms with Crippen molar-refractivity contribution in [1.29, 1.82) is 0 Å². The molecule has 1 heterocycles. The van der Waals surface area contributed by atoms with Crippen LogP contribution >= 0.6 is 11.3 Å². The summed E-state index contributed by atoms with van der Waals surface area (Å²) in [7, 11) is 1.42. The normalized spacial score (nSPS) is 12.3. The van der Waals surface area contributed by atoms with Crippen molar-refractivity contribution in [3.8, 4) is 0 Å². The Kier molecular flexibility index (Phi) is 5.22. The molecule has 1 aromatic heterocycles. The van der Waals surface area contributed by atoms with Gasteiger partial charge in [-0.1, -0.05) is 25.2 Å². The number of carbonyl (C=O) groups excluding carboxylic acids is 1. The average molecular weight is 286 g/mol. The van der Waals surface area contributed by atoms with E-state index < -0.39 is 18.0 Å². The number of rotatable bonds is 5. The number of urea groups is 1. The van der Waals surface area contributed by atoms with Crippen molar-refractivity contribution in [1.82, 2.24) is 15.1 Å². The van der Waals surface area contributed by atoms with Gasteiger partial charge in [0.25, 0.3) is 0 Å². The molecule has 1 atom stereocenters. The van der Waals surface area contributed by atoms with Crippen molar-refractivity contribution in [2.24, 2.45) is 5.92 Å². The highest BCUT2D eigenvalue weighted by Gasteiger charge is 2.22. The van der Waals surface area contributed by atoms with Gasteiger partial charge in [-0.25, -0.2) is 9.59 Å². The van der Waals surface area contributed by atoms with Crippen molar-refractivity contribution < 1.29 is 14.7 Å². The van der Waals surface area contributed by atoms with Crippen molar-refractivity contribution in [3.63, 3.8) is 0 Å². The van der Waals surface area contributed by atoms with Gasteiger partial charge in [0.05, 0.1) is 0 Å². The van der Waals surface area contributed by atoms with E-state index in [-0.39, 0.29) is 0 Å². The van der Waals surface area contributed by atoms with Gasteiger partial charge < -0.3 is 10.0 Å². The molecule has 1 unspecified atom stereocenters. The van der Waals surface area contributed by atoms with E-state index in [1.54, 1.807) is 0 Å². The number of hydrogen-bond acceptors (Lipinski definition) is 5. The standard InChI is InChI=1S/C11H18N4O3S/c1-6(2)5-8-13-14-10(19-8)12-11(18)15(4)7(3)9(16)17/h6-7H,5H2,1-4H3,(H,16,17)(H,12,14,18). The molecule has 19 heavy (non-hydrogen) atoms. The van der Waals surface area contributed by atoms with E-state index in [0.717, 1.165) is 16.3 Å². The fourth-order valence-electron chi connectivity index (χ4n) is 1.26. The molecular weight excluding hydrogens is 268 g/mol. The van der Waals surface area contributed by atoms with Crippen LogP contribution in [0.5, 0.6) is 0 Å². The molecule has 8 heteroatoms. The van der Waals surface area contributed by atoms with Crippen LogP contribution < -0.4 is 5.32 Å². The van der Waals surface area contributed by atoms with E-state index >= 15 is 0 Å². The zero-order valence-electron chi connectivity index (χ0n) is 11.4. The number of hydrogen-bond donors (Lipinski definition) is 2. The zero-order chi connectivity index (χ0) is 14.6. The molecule has 106 valence electrons. The summed E-state index contributed by atoms with van der Waals surface area (Å²) < 4.78 is 0. The Morgan fingerprint density at radius 3 is 2.53 bits per heavy atom. The predicted octanol–water partition coefficient (Wildman–Crippen LogP) is 1.67. The molecule has 0 spiro atoms. The molecule has 0 aliphatic heterocycles.